The number of carboxylic acid groups (broad SMARTS) is 1. The lowest BCUT2D eigenvalue weighted by molar-refractivity contribution is 0.0660. The fourth-order valence-corrected chi connectivity index (χ4v) is 2.52. The number of aliphatic hydroxyl groups is 1. The van der Waals surface area contributed by atoms with Gasteiger partial charge in [-0.2, -0.15) is 0 Å². The number of carboxylic acids is 1. The Hall–Kier alpha value is -2.07. The van der Waals surface area contributed by atoms with Gasteiger partial charge in [-0.25, -0.2) is 4.79 Å². The monoisotopic (exact) mass is 288 g/mol. The van der Waals surface area contributed by atoms with Crippen LogP contribution in [-0.4, -0.2) is 16.2 Å². The maximum absolute atomic E-state index is 10.8. The van der Waals surface area contributed by atoms with Crippen molar-refractivity contribution in [2.45, 2.75) is 39.7 Å². The van der Waals surface area contributed by atoms with Crippen molar-refractivity contribution in [3.63, 3.8) is 0 Å². The molecule has 0 saturated carbocycles. The minimum Gasteiger partial charge on any atom is -0.475 e. The zero-order valence-electron chi connectivity index (χ0n) is 12.7. The second-order valence-corrected chi connectivity index (χ2v) is 5.90. The molecule has 0 aliphatic carbocycles. The lowest BCUT2D eigenvalue weighted by Crippen LogP contribution is -2.18. The van der Waals surface area contributed by atoms with Crippen molar-refractivity contribution in [1.82, 2.24) is 0 Å². The van der Waals surface area contributed by atoms with Gasteiger partial charge in [-0.3, -0.25) is 0 Å². The Balaban J connectivity index is 2.37. The maximum Gasteiger partial charge on any atom is 0.371 e. The maximum atomic E-state index is 10.8. The summed E-state index contributed by atoms with van der Waals surface area (Å²) in [5.74, 6) is -0.530. The van der Waals surface area contributed by atoms with Crippen molar-refractivity contribution in [3.8, 4) is 0 Å². The molecule has 0 fully saturated rings. The molecular formula is C17H20O4. The van der Waals surface area contributed by atoms with Crippen LogP contribution in [0.3, 0.4) is 0 Å². The summed E-state index contributed by atoms with van der Waals surface area (Å²) in [5, 5.41) is 19.1. The van der Waals surface area contributed by atoms with E-state index in [2.05, 4.69) is 0 Å². The van der Waals surface area contributed by atoms with Gasteiger partial charge >= 0.3 is 5.97 Å². The van der Waals surface area contributed by atoms with Crippen molar-refractivity contribution < 1.29 is 19.4 Å². The van der Waals surface area contributed by atoms with Gasteiger partial charge in [-0.05, 0) is 62.1 Å². The summed E-state index contributed by atoms with van der Waals surface area (Å²) in [7, 11) is 0. The molecule has 0 saturated heterocycles. The molecule has 0 aliphatic rings. The Morgan fingerprint density at radius 2 is 1.86 bits per heavy atom. The SMILES string of the molecule is Cc1cc(C)c(C(C)(C)O)cc1Cc1ccc(C(=O)O)o1. The van der Waals surface area contributed by atoms with Crippen LogP contribution < -0.4 is 0 Å². The Kier molecular flexibility index (Phi) is 3.92. The fourth-order valence-electron chi connectivity index (χ4n) is 2.52. The number of hydrogen-bond acceptors (Lipinski definition) is 3. The van der Waals surface area contributed by atoms with Crippen molar-refractivity contribution in [3.05, 3.63) is 58.0 Å². The van der Waals surface area contributed by atoms with E-state index in [0.717, 1.165) is 22.3 Å². The molecule has 2 N–H and O–H groups in total. The first-order valence-corrected chi connectivity index (χ1v) is 6.83. The van der Waals surface area contributed by atoms with E-state index < -0.39 is 11.6 Å². The topological polar surface area (TPSA) is 70.7 Å². The van der Waals surface area contributed by atoms with E-state index >= 15 is 0 Å². The predicted molar refractivity (Wildman–Crippen MR) is 79.6 cm³/mol. The van der Waals surface area contributed by atoms with Crippen molar-refractivity contribution in [1.29, 1.82) is 0 Å². The molecule has 4 heteroatoms. The van der Waals surface area contributed by atoms with Crippen LogP contribution >= 0.6 is 0 Å². The highest BCUT2D eigenvalue weighted by Gasteiger charge is 2.20. The van der Waals surface area contributed by atoms with Crippen LogP contribution in [0.2, 0.25) is 0 Å². The normalized spacial score (nSPS) is 11.7. The van der Waals surface area contributed by atoms with Crippen LogP contribution in [0.25, 0.3) is 0 Å². The first-order valence-electron chi connectivity index (χ1n) is 6.83. The standard InChI is InChI=1S/C17H20O4/c1-10-7-11(2)14(17(3,4)20)9-12(10)8-13-5-6-15(21-13)16(18)19/h5-7,9,20H,8H2,1-4H3,(H,18,19). The Bertz CT molecular complexity index is 675. The highest BCUT2D eigenvalue weighted by Crippen LogP contribution is 2.28. The Labute approximate surface area is 124 Å². The van der Waals surface area contributed by atoms with Crippen molar-refractivity contribution >= 4 is 5.97 Å². The van der Waals surface area contributed by atoms with E-state index in [1.807, 2.05) is 26.0 Å². The highest BCUT2D eigenvalue weighted by atomic mass is 16.4. The van der Waals surface area contributed by atoms with Gasteiger partial charge in [0.25, 0.3) is 0 Å². The molecule has 0 atom stereocenters. The minimum atomic E-state index is -1.07. The summed E-state index contributed by atoms with van der Waals surface area (Å²) in [4.78, 5) is 10.8. The zero-order chi connectivity index (χ0) is 15.8. The molecule has 0 spiro atoms. The van der Waals surface area contributed by atoms with Crippen LogP contribution in [0.1, 0.15) is 52.4 Å². The molecule has 2 aromatic rings. The summed E-state index contributed by atoms with van der Waals surface area (Å²) in [6.45, 7) is 7.48. The smallest absolute Gasteiger partial charge is 0.371 e. The quantitative estimate of drug-likeness (QED) is 0.904. The molecule has 0 amide bonds. The molecule has 21 heavy (non-hydrogen) atoms. The van der Waals surface area contributed by atoms with Gasteiger partial charge in [-0.1, -0.05) is 12.1 Å². The predicted octanol–water partition coefficient (Wildman–Crippen LogP) is 3.41. The summed E-state index contributed by atoms with van der Waals surface area (Å²) < 4.78 is 5.30. The third-order valence-electron chi connectivity index (χ3n) is 3.58. The third-order valence-corrected chi connectivity index (χ3v) is 3.58. The zero-order valence-corrected chi connectivity index (χ0v) is 12.7. The second kappa shape index (κ2) is 5.37. The lowest BCUT2D eigenvalue weighted by atomic mass is 9.89. The third kappa shape index (κ3) is 3.34. The van der Waals surface area contributed by atoms with E-state index in [0.29, 0.717) is 12.2 Å². The van der Waals surface area contributed by atoms with Crippen LogP contribution in [0.4, 0.5) is 0 Å². The van der Waals surface area contributed by atoms with Gasteiger partial charge in [0.15, 0.2) is 0 Å². The Morgan fingerprint density at radius 3 is 2.38 bits per heavy atom. The summed E-state index contributed by atoms with van der Waals surface area (Å²) in [5.41, 5.74) is 3.10. The Morgan fingerprint density at radius 1 is 1.19 bits per heavy atom. The van der Waals surface area contributed by atoms with E-state index in [1.54, 1.807) is 19.9 Å². The summed E-state index contributed by atoms with van der Waals surface area (Å²) >= 11 is 0. The molecule has 0 bridgehead atoms. The molecule has 0 aliphatic heterocycles. The highest BCUT2D eigenvalue weighted by molar-refractivity contribution is 5.84. The first-order chi connectivity index (χ1) is 9.68. The number of rotatable bonds is 4. The summed E-state index contributed by atoms with van der Waals surface area (Å²) in [6, 6.07) is 7.13. The molecule has 1 aromatic carbocycles. The molecule has 0 radical (unpaired) electrons. The molecule has 4 nitrogen and oxygen atoms in total. The second-order valence-electron chi connectivity index (χ2n) is 5.90. The number of benzene rings is 1. The van der Waals surface area contributed by atoms with Crippen LogP contribution in [0.5, 0.6) is 0 Å². The van der Waals surface area contributed by atoms with Crippen LogP contribution in [0.15, 0.2) is 28.7 Å². The van der Waals surface area contributed by atoms with E-state index in [9.17, 15) is 9.90 Å². The minimum absolute atomic E-state index is 0.0579. The van der Waals surface area contributed by atoms with Gasteiger partial charge in [0.1, 0.15) is 5.76 Å². The van der Waals surface area contributed by atoms with Gasteiger partial charge < -0.3 is 14.6 Å². The molecule has 2 rings (SSSR count). The average molecular weight is 288 g/mol. The van der Waals surface area contributed by atoms with Gasteiger partial charge in [0, 0.05) is 6.42 Å². The number of aryl methyl sites for hydroxylation is 2. The van der Waals surface area contributed by atoms with Gasteiger partial charge in [-0.15, -0.1) is 0 Å². The number of furan rings is 1. The van der Waals surface area contributed by atoms with Gasteiger partial charge in [0.05, 0.1) is 5.60 Å². The molecule has 0 unspecified atom stereocenters. The largest absolute Gasteiger partial charge is 0.475 e. The summed E-state index contributed by atoms with van der Waals surface area (Å²) in [6.07, 6.45) is 0.502. The first kappa shape index (κ1) is 15.3. The van der Waals surface area contributed by atoms with Gasteiger partial charge in [0.2, 0.25) is 5.76 Å². The molecule has 1 heterocycles. The van der Waals surface area contributed by atoms with Crippen LogP contribution in [-0.2, 0) is 12.0 Å². The van der Waals surface area contributed by atoms with Crippen molar-refractivity contribution in [2.75, 3.05) is 0 Å². The number of hydrogen-bond donors (Lipinski definition) is 2. The number of carbonyl (C=O) groups is 1. The van der Waals surface area contributed by atoms with E-state index in [4.69, 9.17) is 9.52 Å². The number of aromatic carboxylic acids is 1. The van der Waals surface area contributed by atoms with Crippen molar-refractivity contribution in [2.24, 2.45) is 0 Å². The fraction of sp³-hybridized carbons (Fsp3) is 0.353. The average Bonchev–Trinajstić information content (AvgIpc) is 2.79. The van der Waals surface area contributed by atoms with E-state index in [1.165, 1.54) is 6.07 Å². The molecule has 112 valence electrons. The lowest BCUT2D eigenvalue weighted by Gasteiger charge is -2.22. The molecular weight excluding hydrogens is 268 g/mol. The van der Waals surface area contributed by atoms with E-state index in [-0.39, 0.29) is 5.76 Å². The van der Waals surface area contributed by atoms with Crippen LogP contribution in [0, 0.1) is 13.8 Å². The molecule has 1 aromatic heterocycles.